The highest BCUT2D eigenvalue weighted by molar-refractivity contribution is 5.82. The number of benzene rings is 1. The van der Waals surface area contributed by atoms with Crippen molar-refractivity contribution in [3.8, 4) is 0 Å². The fourth-order valence-electron chi connectivity index (χ4n) is 2.61. The van der Waals surface area contributed by atoms with E-state index < -0.39 is 0 Å². The molecule has 1 saturated carbocycles. The summed E-state index contributed by atoms with van der Waals surface area (Å²) >= 11 is 0. The first-order chi connectivity index (χ1) is 9.50. The molecule has 1 fully saturated rings. The average molecular weight is 274 g/mol. The van der Waals surface area contributed by atoms with Crippen LogP contribution >= 0.6 is 0 Å². The molecule has 3 unspecified atom stereocenters. The van der Waals surface area contributed by atoms with Gasteiger partial charge in [-0.2, -0.15) is 0 Å². The first-order valence-corrected chi connectivity index (χ1v) is 7.56. The molecule has 1 aromatic rings. The molecule has 3 atom stereocenters. The SMILES string of the molecule is CC(C)C(N)CCN(C)C(=O)C1CC1c1ccccc1. The second-order valence-corrected chi connectivity index (χ2v) is 6.32. The molecule has 20 heavy (non-hydrogen) atoms. The maximum absolute atomic E-state index is 12.4. The van der Waals surface area contributed by atoms with Crippen molar-refractivity contribution in [2.24, 2.45) is 17.6 Å². The van der Waals surface area contributed by atoms with Crippen molar-refractivity contribution >= 4 is 5.91 Å². The summed E-state index contributed by atoms with van der Waals surface area (Å²) in [7, 11) is 1.90. The van der Waals surface area contributed by atoms with E-state index in [4.69, 9.17) is 5.73 Å². The fraction of sp³-hybridized carbons (Fsp3) is 0.588. The maximum atomic E-state index is 12.4. The molecule has 0 saturated heterocycles. The molecule has 0 aromatic heterocycles. The third kappa shape index (κ3) is 3.60. The van der Waals surface area contributed by atoms with E-state index in [1.165, 1.54) is 5.56 Å². The third-order valence-electron chi connectivity index (χ3n) is 4.37. The van der Waals surface area contributed by atoms with Gasteiger partial charge in [-0.1, -0.05) is 44.2 Å². The summed E-state index contributed by atoms with van der Waals surface area (Å²) in [5.74, 6) is 1.34. The van der Waals surface area contributed by atoms with Gasteiger partial charge in [-0.15, -0.1) is 0 Å². The highest BCUT2D eigenvalue weighted by Gasteiger charge is 2.44. The molecule has 0 heterocycles. The molecule has 1 aliphatic carbocycles. The van der Waals surface area contributed by atoms with Gasteiger partial charge >= 0.3 is 0 Å². The van der Waals surface area contributed by atoms with Gasteiger partial charge in [0, 0.05) is 25.6 Å². The van der Waals surface area contributed by atoms with Gasteiger partial charge in [-0.3, -0.25) is 4.79 Å². The van der Waals surface area contributed by atoms with Crippen LogP contribution in [0.5, 0.6) is 0 Å². The zero-order valence-corrected chi connectivity index (χ0v) is 12.8. The molecule has 2 rings (SSSR count). The Morgan fingerprint density at radius 2 is 2.00 bits per heavy atom. The Morgan fingerprint density at radius 3 is 2.60 bits per heavy atom. The Morgan fingerprint density at radius 1 is 1.35 bits per heavy atom. The van der Waals surface area contributed by atoms with Crippen LogP contribution in [0.25, 0.3) is 0 Å². The summed E-state index contributed by atoms with van der Waals surface area (Å²) in [5.41, 5.74) is 7.33. The molecule has 0 aliphatic heterocycles. The number of hydrogen-bond donors (Lipinski definition) is 1. The van der Waals surface area contributed by atoms with Crippen LogP contribution in [0.15, 0.2) is 30.3 Å². The van der Waals surface area contributed by atoms with Crippen LogP contribution in [-0.4, -0.2) is 30.4 Å². The van der Waals surface area contributed by atoms with Gasteiger partial charge in [-0.25, -0.2) is 0 Å². The van der Waals surface area contributed by atoms with Gasteiger partial charge < -0.3 is 10.6 Å². The Hall–Kier alpha value is -1.35. The third-order valence-corrected chi connectivity index (χ3v) is 4.37. The number of carbonyl (C=O) groups excluding carboxylic acids is 1. The van der Waals surface area contributed by atoms with E-state index in [-0.39, 0.29) is 17.9 Å². The Bertz CT molecular complexity index is 444. The van der Waals surface area contributed by atoms with Crippen molar-refractivity contribution < 1.29 is 4.79 Å². The molecular weight excluding hydrogens is 248 g/mol. The van der Waals surface area contributed by atoms with Crippen LogP contribution in [0, 0.1) is 11.8 Å². The zero-order chi connectivity index (χ0) is 14.7. The highest BCUT2D eigenvalue weighted by Crippen LogP contribution is 2.48. The van der Waals surface area contributed by atoms with Crippen LogP contribution < -0.4 is 5.73 Å². The highest BCUT2D eigenvalue weighted by atomic mass is 16.2. The Kier molecular flexibility index (Phi) is 4.81. The topological polar surface area (TPSA) is 46.3 Å². The quantitative estimate of drug-likeness (QED) is 0.866. The summed E-state index contributed by atoms with van der Waals surface area (Å²) in [6.45, 7) is 5.01. The van der Waals surface area contributed by atoms with Gasteiger partial charge in [-0.05, 0) is 30.2 Å². The van der Waals surface area contributed by atoms with E-state index in [0.717, 1.165) is 19.4 Å². The van der Waals surface area contributed by atoms with E-state index in [9.17, 15) is 4.79 Å². The second-order valence-electron chi connectivity index (χ2n) is 6.32. The lowest BCUT2D eigenvalue weighted by atomic mass is 10.0. The summed E-state index contributed by atoms with van der Waals surface area (Å²) < 4.78 is 0. The molecule has 3 heteroatoms. The second kappa shape index (κ2) is 6.40. The van der Waals surface area contributed by atoms with Gasteiger partial charge in [0.15, 0.2) is 0 Å². The van der Waals surface area contributed by atoms with E-state index in [2.05, 4.69) is 26.0 Å². The van der Waals surface area contributed by atoms with Crippen molar-refractivity contribution in [1.82, 2.24) is 4.90 Å². The monoisotopic (exact) mass is 274 g/mol. The van der Waals surface area contributed by atoms with E-state index in [1.54, 1.807) is 0 Å². The number of nitrogens with zero attached hydrogens (tertiary/aromatic N) is 1. The lowest BCUT2D eigenvalue weighted by Gasteiger charge is -2.21. The summed E-state index contributed by atoms with van der Waals surface area (Å²) in [6.07, 6.45) is 1.87. The number of nitrogens with two attached hydrogens (primary N) is 1. The van der Waals surface area contributed by atoms with Crippen LogP contribution in [0.2, 0.25) is 0 Å². The number of rotatable bonds is 6. The predicted octanol–water partition coefficient (Wildman–Crippen LogP) is 2.62. The summed E-state index contributed by atoms with van der Waals surface area (Å²) in [6, 6.07) is 10.5. The number of hydrogen-bond acceptors (Lipinski definition) is 2. The van der Waals surface area contributed by atoms with Crippen LogP contribution in [0.4, 0.5) is 0 Å². The maximum Gasteiger partial charge on any atom is 0.226 e. The standard InChI is InChI=1S/C17H26N2O/c1-12(2)16(18)9-10-19(3)17(20)15-11-14(15)13-7-5-4-6-8-13/h4-8,12,14-16H,9-11,18H2,1-3H3. The van der Waals surface area contributed by atoms with Crippen molar-refractivity contribution in [2.75, 3.05) is 13.6 Å². The zero-order valence-electron chi connectivity index (χ0n) is 12.8. The lowest BCUT2D eigenvalue weighted by Crippen LogP contribution is -2.35. The van der Waals surface area contributed by atoms with E-state index in [1.807, 2.05) is 30.1 Å². The average Bonchev–Trinajstić information content (AvgIpc) is 3.24. The molecule has 2 N–H and O–H groups in total. The molecular formula is C17H26N2O. The van der Waals surface area contributed by atoms with Gasteiger partial charge in [0.2, 0.25) is 5.91 Å². The van der Waals surface area contributed by atoms with Crippen molar-refractivity contribution in [3.63, 3.8) is 0 Å². The van der Waals surface area contributed by atoms with Crippen LogP contribution in [0.1, 0.15) is 38.2 Å². The van der Waals surface area contributed by atoms with Crippen LogP contribution in [0.3, 0.4) is 0 Å². The molecule has 0 bridgehead atoms. The molecule has 1 aliphatic rings. The van der Waals surface area contributed by atoms with E-state index >= 15 is 0 Å². The molecule has 0 radical (unpaired) electrons. The molecule has 1 amide bonds. The lowest BCUT2D eigenvalue weighted by molar-refractivity contribution is -0.131. The predicted molar refractivity (Wildman–Crippen MR) is 82.4 cm³/mol. The number of carbonyl (C=O) groups is 1. The minimum Gasteiger partial charge on any atom is -0.345 e. The van der Waals surface area contributed by atoms with Crippen molar-refractivity contribution in [2.45, 2.75) is 38.6 Å². The van der Waals surface area contributed by atoms with Gasteiger partial charge in [0.05, 0.1) is 0 Å². The van der Waals surface area contributed by atoms with Crippen LogP contribution in [-0.2, 0) is 4.79 Å². The normalized spacial score (nSPS) is 22.6. The first-order valence-electron chi connectivity index (χ1n) is 7.56. The smallest absolute Gasteiger partial charge is 0.226 e. The first kappa shape index (κ1) is 15.0. The summed E-state index contributed by atoms with van der Waals surface area (Å²) in [4.78, 5) is 14.2. The molecule has 110 valence electrons. The minimum absolute atomic E-state index is 0.175. The number of amides is 1. The van der Waals surface area contributed by atoms with Crippen molar-refractivity contribution in [3.05, 3.63) is 35.9 Å². The molecule has 1 aromatic carbocycles. The van der Waals surface area contributed by atoms with E-state index in [0.29, 0.717) is 11.8 Å². The largest absolute Gasteiger partial charge is 0.345 e. The molecule has 0 spiro atoms. The molecule has 3 nitrogen and oxygen atoms in total. The fourth-order valence-corrected chi connectivity index (χ4v) is 2.61. The summed E-state index contributed by atoms with van der Waals surface area (Å²) in [5, 5.41) is 0. The Labute approximate surface area is 122 Å². The van der Waals surface area contributed by atoms with Gasteiger partial charge in [0.1, 0.15) is 0 Å². The van der Waals surface area contributed by atoms with Crippen molar-refractivity contribution in [1.29, 1.82) is 0 Å². The minimum atomic E-state index is 0.175. The van der Waals surface area contributed by atoms with Gasteiger partial charge in [0.25, 0.3) is 0 Å². The Balaban J connectivity index is 1.81.